The van der Waals surface area contributed by atoms with E-state index in [0.29, 0.717) is 37.7 Å². The zero-order valence-electron chi connectivity index (χ0n) is 16.2. The van der Waals surface area contributed by atoms with E-state index in [1.54, 1.807) is 0 Å². The summed E-state index contributed by atoms with van der Waals surface area (Å²) in [6.45, 7) is 9.78. The average Bonchev–Trinajstić information content (AvgIpc) is 2.62. The number of nitrogens with one attached hydrogen (secondary N) is 1. The molecule has 0 radical (unpaired) electrons. The van der Waals surface area contributed by atoms with Gasteiger partial charge in [-0.2, -0.15) is 0 Å². The van der Waals surface area contributed by atoms with Crippen LogP contribution in [0.25, 0.3) is 0 Å². The zero-order valence-corrected chi connectivity index (χ0v) is 17.0. The van der Waals surface area contributed by atoms with Crippen LogP contribution in [0.2, 0.25) is 0 Å². The highest BCUT2D eigenvalue weighted by atomic mass is 32.2. The van der Waals surface area contributed by atoms with Crippen LogP contribution in [0.4, 0.5) is 0 Å². The number of hydrogen-bond donors (Lipinski definition) is 1. The molecule has 1 N–H and O–H groups in total. The molecule has 2 rings (SSSR count). The molecule has 0 saturated carbocycles. The van der Waals surface area contributed by atoms with Crippen molar-refractivity contribution in [3.8, 4) is 11.5 Å². The highest BCUT2D eigenvalue weighted by Crippen LogP contribution is 2.33. The standard InChI is InChI=1S/C19H31NO5S/c1-5-24-17-10-9-15(12-18(17)25-6-2)19(14(3)4)20-26(21,22)16-8-7-11-23-13-16/h9-10,12,14,16,19-20H,5-8,11,13H2,1-4H3/t16-,19+/m1/s1. The van der Waals surface area contributed by atoms with Gasteiger partial charge < -0.3 is 14.2 Å². The van der Waals surface area contributed by atoms with E-state index in [4.69, 9.17) is 14.2 Å². The van der Waals surface area contributed by atoms with Crippen LogP contribution in [0.1, 0.15) is 52.1 Å². The first-order valence-electron chi connectivity index (χ1n) is 9.37. The lowest BCUT2D eigenvalue weighted by atomic mass is 9.97. The maximum atomic E-state index is 12.8. The Balaban J connectivity index is 2.27. The Hall–Kier alpha value is -1.31. The molecule has 2 atom stereocenters. The third-order valence-electron chi connectivity index (χ3n) is 4.44. The van der Waals surface area contributed by atoms with E-state index in [9.17, 15) is 8.42 Å². The second-order valence-electron chi connectivity index (χ2n) is 6.80. The fraction of sp³-hybridized carbons (Fsp3) is 0.684. The largest absolute Gasteiger partial charge is 0.490 e. The molecule has 26 heavy (non-hydrogen) atoms. The van der Waals surface area contributed by atoms with Gasteiger partial charge in [-0.1, -0.05) is 19.9 Å². The summed E-state index contributed by atoms with van der Waals surface area (Å²) in [5, 5.41) is -0.494. The van der Waals surface area contributed by atoms with Gasteiger partial charge in [0, 0.05) is 12.6 Å². The van der Waals surface area contributed by atoms with Gasteiger partial charge in [0.25, 0.3) is 0 Å². The Bertz CT molecular complexity index is 669. The maximum Gasteiger partial charge on any atom is 0.217 e. The van der Waals surface area contributed by atoms with Crippen molar-refractivity contribution < 1.29 is 22.6 Å². The van der Waals surface area contributed by atoms with Gasteiger partial charge >= 0.3 is 0 Å². The number of hydrogen-bond acceptors (Lipinski definition) is 5. The summed E-state index contributed by atoms with van der Waals surface area (Å²) in [7, 11) is -3.47. The van der Waals surface area contributed by atoms with Crippen molar-refractivity contribution in [2.24, 2.45) is 5.92 Å². The number of sulfonamides is 1. The molecule has 6 nitrogen and oxygen atoms in total. The SMILES string of the molecule is CCOc1ccc([C@@H](NS(=O)(=O)[C@@H]2CCCOC2)C(C)C)cc1OCC. The minimum atomic E-state index is -3.47. The normalized spacial score (nSPS) is 19.3. The molecule has 0 bridgehead atoms. The van der Waals surface area contributed by atoms with Crippen LogP contribution in [-0.4, -0.2) is 40.1 Å². The first-order valence-corrected chi connectivity index (χ1v) is 10.9. The van der Waals surface area contributed by atoms with E-state index >= 15 is 0 Å². The van der Waals surface area contributed by atoms with Crippen molar-refractivity contribution in [2.75, 3.05) is 26.4 Å². The summed E-state index contributed by atoms with van der Waals surface area (Å²) < 4.78 is 45.1. The Kier molecular flexibility index (Phi) is 7.73. The molecular formula is C19H31NO5S. The molecule has 0 unspecified atom stereocenters. The molecule has 1 heterocycles. The topological polar surface area (TPSA) is 73.9 Å². The molecule has 1 aromatic carbocycles. The molecule has 0 amide bonds. The van der Waals surface area contributed by atoms with Crippen LogP contribution in [0.5, 0.6) is 11.5 Å². The van der Waals surface area contributed by atoms with Gasteiger partial charge in [-0.25, -0.2) is 13.1 Å². The molecule has 0 spiro atoms. The Morgan fingerprint density at radius 3 is 2.46 bits per heavy atom. The van der Waals surface area contributed by atoms with Crippen molar-refractivity contribution in [3.63, 3.8) is 0 Å². The smallest absolute Gasteiger partial charge is 0.217 e. The highest BCUT2D eigenvalue weighted by molar-refractivity contribution is 7.90. The van der Waals surface area contributed by atoms with Crippen molar-refractivity contribution in [2.45, 2.75) is 51.8 Å². The highest BCUT2D eigenvalue weighted by Gasteiger charge is 2.32. The van der Waals surface area contributed by atoms with E-state index in [1.807, 2.05) is 45.9 Å². The molecule has 1 aliphatic heterocycles. The second kappa shape index (κ2) is 9.58. The summed E-state index contributed by atoms with van der Waals surface area (Å²) in [4.78, 5) is 0. The minimum absolute atomic E-state index is 0.0849. The van der Waals surface area contributed by atoms with Crippen LogP contribution >= 0.6 is 0 Å². The van der Waals surface area contributed by atoms with E-state index < -0.39 is 15.3 Å². The van der Waals surface area contributed by atoms with Gasteiger partial charge in [-0.05, 0) is 50.3 Å². The Morgan fingerprint density at radius 1 is 1.19 bits per heavy atom. The lowest BCUT2D eigenvalue weighted by Gasteiger charge is -2.28. The number of rotatable bonds is 9. The van der Waals surface area contributed by atoms with Crippen molar-refractivity contribution in [1.29, 1.82) is 0 Å². The summed E-state index contributed by atoms with van der Waals surface area (Å²) in [5.41, 5.74) is 0.868. The monoisotopic (exact) mass is 385 g/mol. The third kappa shape index (κ3) is 5.34. The molecule has 148 valence electrons. The quantitative estimate of drug-likeness (QED) is 0.706. The van der Waals surface area contributed by atoms with Crippen molar-refractivity contribution in [3.05, 3.63) is 23.8 Å². The molecule has 0 aromatic heterocycles. The molecule has 0 aliphatic carbocycles. The molecular weight excluding hydrogens is 354 g/mol. The van der Waals surface area contributed by atoms with Gasteiger partial charge in [0.05, 0.1) is 25.1 Å². The van der Waals surface area contributed by atoms with Gasteiger partial charge in [0.15, 0.2) is 11.5 Å². The second-order valence-corrected chi connectivity index (χ2v) is 8.79. The molecule has 1 saturated heterocycles. The van der Waals surface area contributed by atoms with E-state index in [-0.39, 0.29) is 18.6 Å². The molecule has 1 aromatic rings. The summed E-state index contributed by atoms with van der Waals surface area (Å²) in [6, 6.07) is 5.28. The molecule has 1 aliphatic rings. The van der Waals surface area contributed by atoms with Gasteiger partial charge in [-0.15, -0.1) is 0 Å². The minimum Gasteiger partial charge on any atom is -0.490 e. The summed E-state index contributed by atoms with van der Waals surface area (Å²) >= 11 is 0. The van der Waals surface area contributed by atoms with Crippen LogP contribution in [0.15, 0.2) is 18.2 Å². The van der Waals surface area contributed by atoms with Gasteiger partial charge in [-0.3, -0.25) is 0 Å². The Morgan fingerprint density at radius 2 is 1.88 bits per heavy atom. The first-order chi connectivity index (χ1) is 12.4. The van der Waals surface area contributed by atoms with Gasteiger partial charge in [0.2, 0.25) is 10.0 Å². The zero-order chi connectivity index (χ0) is 19.2. The van der Waals surface area contributed by atoms with Crippen molar-refractivity contribution in [1.82, 2.24) is 4.72 Å². The fourth-order valence-corrected chi connectivity index (χ4v) is 4.79. The van der Waals surface area contributed by atoms with Crippen LogP contribution in [0.3, 0.4) is 0 Å². The summed E-state index contributed by atoms with van der Waals surface area (Å²) in [5.74, 6) is 1.39. The van der Waals surface area contributed by atoms with Crippen LogP contribution in [-0.2, 0) is 14.8 Å². The lowest BCUT2D eigenvalue weighted by Crippen LogP contribution is -2.42. The molecule has 1 fully saturated rings. The third-order valence-corrected chi connectivity index (χ3v) is 6.27. The van der Waals surface area contributed by atoms with Crippen molar-refractivity contribution >= 4 is 10.0 Å². The predicted molar refractivity (Wildman–Crippen MR) is 102 cm³/mol. The van der Waals surface area contributed by atoms with Crippen LogP contribution in [0, 0.1) is 5.92 Å². The van der Waals surface area contributed by atoms with E-state index in [2.05, 4.69) is 4.72 Å². The molecule has 7 heteroatoms. The summed E-state index contributed by atoms with van der Waals surface area (Å²) in [6.07, 6.45) is 1.41. The van der Waals surface area contributed by atoms with E-state index in [1.165, 1.54) is 0 Å². The van der Waals surface area contributed by atoms with E-state index in [0.717, 1.165) is 12.0 Å². The average molecular weight is 386 g/mol. The Labute approximate surface area is 157 Å². The van der Waals surface area contributed by atoms with Gasteiger partial charge in [0.1, 0.15) is 0 Å². The number of ether oxygens (including phenoxy) is 3. The fourth-order valence-electron chi connectivity index (χ4n) is 3.08. The van der Waals surface area contributed by atoms with Crippen LogP contribution < -0.4 is 14.2 Å². The maximum absolute atomic E-state index is 12.8. The number of benzene rings is 1. The lowest BCUT2D eigenvalue weighted by molar-refractivity contribution is 0.0986. The predicted octanol–water partition coefficient (Wildman–Crippen LogP) is 3.28. The first kappa shape index (κ1) is 21.0.